The van der Waals surface area contributed by atoms with Crippen LogP contribution in [0.15, 0.2) is 46.8 Å². The number of fused-ring (bicyclic) bond motifs is 1. The zero-order chi connectivity index (χ0) is 31.4. The number of carbonyl (C=O) groups excluding carboxylic acids is 1. The molecule has 43 heavy (non-hydrogen) atoms. The molecular weight excluding hydrogens is 573 g/mol. The van der Waals surface area contributed by atoms with E-state index in [1.54, 1.807) is 26.8 Å². The Morgan fingerprint density at radius 2 is 1.81 bits per heavy atom. The number of piperidine rings is 1. The minimum absolute atomic E-state index is 0.0944. The Morgan fingerprint density at radius 1 is 1.09 bits per heavy atom. The van der Waals surface area contributed by atoms with Gasteiger partial charge in [-0.15, -0.1) is 0 Å². The number of ether oxygens (including phenoxy) is 1. The maximum absolute atomic E-state index is 15.1. The highest BCUT2D eigenvalue weighted by Crippen LogP contribution is 2.35. The summed E-state index contributed by atoms with van der Waals surface area (Å²) in [4.78, 5) is 31.9. The van der Waals surface area contributed by atoms with Crippen LogP contribution in [-0.2, 0) is 20.8 Å². The fourth-order valence-electron chi connectivity index (χ4n) is 4.91. The third-order valence-corrected chi connectivity index (χ3v) is 6.77. The molecule has 13 heteroatoms. The third-order valence-electron chi connectivity index (χ3n) is 6.77. The van der Waals surface area contributed by atoms with Crippen LogP contribution in [-0.4, -0.2) is 60.0 Å². The van der Waals surface area contributed by atoms with Crippen molar-refractivity contribution in [3.63, 3.8) is 0 Å². The molecule has 0 N–H and O–H groups in total. The fourth-order valence-corrected chi connectivity index (χ4v) is 4.91. The Morgan fingerprint density at radius 3 is 2.44 bits per heavy atom. The van der Waals surface area contributed by atoms with Crippen LogP contribution in [0.1, 0.15) is 45.6 Å². The molecule has 0 atom stereocenters. The van der Waals surface area contributed by atoms with Crippen molar-refractivity contribution in [2.75, 3.05) is 24.5 Å². The zero-order valence-corrected chi connectivity index (χ0v) is 24.0. The van der Waals surface area contributed by atoms with Gasteiger partial charge in [-0.2, -0.15) is 13.2 Å². The first-order chi connectivity index (χ1) is 20.2. The second kappa shape index (κ2) is 13.0. The van der Waals surface area contributed by atoms with E-state index in [9.17, 15) is 22.4 Å². The van der Waals surface area contributed by atoms with E-state index < -0.39 is 42.3 Å². The van der Waals surface area contributed by atoms with Gasteiger partial charge in [-0.1, -0.05) is 17.3 Å². The Labute approximate surface area is 245 Å². The zero-order valence-electron chi connectivity index (χ0n) is 24.0. The van der Waals surface area contributed by atoms with Crippen molar-refractivity contribution in [2.45, 2.75) is 58.2 Å². The number of alkyl halides is 3. The SMILES string of the molecule is C=NOC(=NCCC(F)(F)F)C1CCN(c2ncnc3c(-c4ccc(CC(=O)OC(C)(C)C)c(F)c4)cc(F)cc23)CC1. The van der Waals surface area contributed by atoms with Gasteiger partial charge in [-0.05, 0) is 62.9 Å². The molecule has 0 amide bonds. The van der Waals surface area contributed by atoms with Crippen molar-refractivity contribution >= 4 is 35.3 Å². The lowest BCUT2D eigenvalue weighted by atomic mass is 9.95. The van der Waals surface area contributed by atoms with E-state index in [1.807, 2.05) is 4.90 Å². The monoisotopic (exact) mass is 605 g/mol. The van der Waals surface area contributed by atoms with E-state index in [1.165, 1.54) is 30.6 Å². The second-order valence-electron chi connectivity index (χ2n) is 11.2. The molecule has 1 aliphatic rings. The topological polar surface area (TPSA) is 89.3 Å². The number of aromatic nitrogens is 2. The number of oxime groups is 1. The Balaban J connectivity index is 1.56. The van der Waals surface area contributed by atoms with Gasteiger partial charge in [0.2, 0.25) is 5.90 Å². The van der Waals surface area contributed by atoms with Gasteiger partial charge < -0.3 is 14.5 Å². The highest BCUT2D eigenvalue weighted by atomic mass is 19.4. The first-order valence-electron chi connectivity index (χ1n) is 13.7. The average Bonchev–Trinajstić information content (AvgIpc) is 2.91. The molecule has 8 nitrogen and oxygen atoms in total. The van der Waals surface area contributed by atoms with E-state index in [0.29, 0.717) is 53.8 Å². The van der Waals surface area contributed by atoms with Crippen molar-refractivity contribution in [3.8, 4) is 11.1 Å². The molecule has 4 rings (SSSR count). The van der Waals surface area contributed by atoms with Crippen LogP contribution in [0.25, 0.3) is 22.0 Å². The Kier molecular flexibility index (Phi) is 9.61. The number of anilines is 1. The van der Waals surface area contributed by atoms with Gasteiger partial charge in [0.15, 0.2) is 0 Å². The molecule has 1 aliphatic heterocycles. The number of carbonyl (C=O) groups is 1. The molecular formula is C30H32F5N5O3. The third kappa shape index (κ3) is 8.45. The summed E-state index contributed by atoms with van der Waals surface area (Å²) in [5, 5.41) is 3.76. The lowest BCUT2D eigenvalue weighted by Gasteiger charge is -2.33. The Hall–Kier alpha value is -4.16. The van der Waals surface area contributed by atoms with Crippen LogP contribution in [0.4, 0.5) is 27.8 Å². The number of benzene rings is 2. The van der Waals surface area contributed by atoms with E-state index in [-0.39, 0.29) is 23.8 Å². The molecule has 1 fully saturated rings. The number of halogens is 5. The number of nitrogens with zero attached hydrogens (tertiary/aromatic N) is 5. The van der Waals surface area contributed by atoms with E-state index in [4.69, 9.17) is 9.57 Å². The van der Waals surface area contributed by atoms with Crippen LogP contribution in [0, 0.1) is 17.6 Å². The van der Waals surface area contributed by atoms with Gasteiger partial charge in [-0.3, -0.25) is 9.79 Å². The highest BCUT2D eigenvalue weighted by Gasteiger charge is 2.29. The lowest BCUT2D eigenvalue weighted by Crippen LogP contribution is -2.37. The van der Waals surface area contributed by atoms with Gasteiger partial charge in [0, 0.05) is 36.7 Å². The summed E-state index contributed by atoms with van der Waals surface area (Å²) in [6.45, 7) is 8.79. The molecule has 0 bridgehead atoms. The maximum atomic E-state index is 15.1. The van der Waals surface area contributed by atoms with Crippen molar-refractivity contribution in [1.29, 1.82) is 0 Å². The van der Waals surface area contributed by atoms with Gasteiger partial charge in [0.25, 0.3) is 0 Å². The van der Waals surface area contributed by atoms with Crippen molar-refractivity contribution in [1.82, 2.24) is 9.97 Å². The smallest absolute Gasteiger partial charge is 0.390 e. The van der Waals surface area contributed by atoms with Crippen LogP contribution in [0.5, 0.6) is 0 Å². The molecule has 2 aromatic carbocycles. The summed E-state index contributed by atoms with van der Waals surface area (Å²) in [7, 11) is 0. The summed E-state index contributed by atoms with van der Waals surface area (Å²) < 4.78 is 73.0. The van der Waals surface area contributed by atoms with E-state index in [0.717, 1.165) is 0 Å². The molecule has 0 unspecified atom stereocenters. The van der Waals surface area contributed by atoms with Gasteiger partial charge in [-0.25, -0.2) is 18.7 Å². The minimum atomic E-state index is -4.34. The molecule has 3 aromatic rings. The van der Waals surface area contributed by atoms with Crippen molar-refractivity contribution < 1.29 is 36.3 Å². The predicted octanol–water partition coefficient (Wildman–Crippen LogP) is 6.66. The summed E-state index contributed by atoms with van der Waals surface area (Å²) in [6, 6.07) is 6.86. The van der Waals surface area contributed by atoms with E-state index in [2.05, 4.69) is 26.8 Å². The number of hydrogen-bond donors (Lipinski definition) is 0. The summed E-state index contributed by atoms with van der Waals surface area (Å²) in [5.74, 6) is -1.50. The first kappa shape index (κ1) is 31.8. The Bertz CT molecular complexity index is 1510. The quantitative estimate of drug-likeness (QED) is 0.0939. The summed E-state index contributed by atoms with van der Waals surface area (Å²) >= 11 is 0. The molecule has 0 aliphatic carbocycles. The summed E-state index contributed by atoms with van der Waals surface area (Å²) in [5.41, 5.74) is 0.562. The normalized spacial score (nSPS) is 15.1. The molecule has 2 heterocycles. The molecule has 230 valence electrons. The van der Waals surface area contributed by atoms with Gasteiger partial charge in [0.05, 0.1) is 24.9 Å². The molecule has 0 radical (unpaired) electrons. The van der Waals surface area contributed by atoms with Crippen molar-refractivity contribution in [3.05, 3.63) is 53.9 Å². The maximum Gasteiger partial charge on any atom is 0.390 e. The minimum Gasteiger partial charge on any atom is -0.460 e. The van der Waals surface area contributed by atoms with Crippen LogP contribution < -0.4 is 4.90 Å². The van der Waals surface area contributed by atoms with Crippen molar-refractivity contribution in [2.24, 2.45) is 16.1 Å². The first-order valence-corrected chi connectivity index (χ1v) is 13.7. The second-order valence-corrected chi connectivity index (χ2v) is 11.2. The molecule has 1 saturated heterocycles. The average molecular weight is 606 g/mol. The number of aliphatic imine (C=N–C) groups is 1. The van der Waals surface area contributed by atoms with Gasteiger partial charge >= 0.3 is 12.1 Å². The molecule has 0 spiro atoms. The van der Waals surface area contributed by atoms with Crippen LogP contribution >= 0.6 is 0 Å². The standard InChI is InChI=1S/C30H32F5N5O3/c1-29(2,3)42-25(41)14-20-6-5-19(13-24(20)32)22-15-21(31)16-23-26(22)38-17-39-27(23)40-11-7-18(8-12-40)28(43-36-4)37-10-9-30(33,34)35/h5-6,13,15-18H,4,7-12,14H2,1-3H3. The van der Waals surface area contributed by atoms with E-state index >= 15 is 4.39 Å². The van der Waals surface area contributed by atoms with Gasteiger partial charge in [0.1, 0.15) is 29.4 Å². The highest BCUT2D eigenvalue weighted by molar-refractivity contribution is 5.99. The largest absolute Gasteiger partial charge is 0.460 e. The van der Waals surface area contributed by atoms with Crippen LogP contribution in [0.3, 0.4) is 0 Å². The summed E-state index contributed by atoms with van der Waals surface area (Å²) in [6.07, 6.45) is -3.38. The number of hydrogen-bond acceptors (Lipinski definition) is 8. The number of esters is 1. The predicted molar refractivity (Wildman–Crippen MR) is 153 cm³/mol. The molecule has 1 aromatic heterocycles. The number of rotatable bonds is 8. The lowest BCUT2D eigenvalue weighted by molar-refractivity contribution is -0.154. The van der Waals surface area contributed by atoms with Crippen LogP contribution in [0.2, 0.25) is 0 Å². The fraction of sp³-hybridized carbons (Fsp3) is 0.433. The molecule has 0 saturated carbocycles.